The van der Waals surface area contributed by atoms with Crippen LogP contribution in [0.1, 0.15) is 22.8 Å². The van der Waals surface area contributed by atoms with Crippen LogP contribution in [-0.4, -0.2) is 18.3 Å². The Morgan fingerprint density at radius 2 is 2.12 bits per heavy atom. The standard InChI is InChI=1S/C17H16N2O7/c1-8-6-11-13(17(21)25-8)12(14(15(18)26-11)16(20)24-2)9-4-3-5-10(7-9)19(22)23/h3-7,12,19,22H,18H2,1-2H3/t12-/m0/s1. The zero-order valence-electron chi connectivity index (χ0n) is 13.9. The molecule has 9 heteroatoms. The Hall–Kier alpha value is -3.14. The summed E-state index contributed by atoms with van der Waals surface area (Å²) in [5.74, 6) is -1.54. The van der Waals surface area contributed by atoms with Gasteiger partial charge in [0, 0.05) is 18.2 Å². The van der Waals surface area contributed by atoms with Gasteiger partial charge in [0.25, 0.3) is 0 Å². The summed E-state index contributed by atoms with van der Waals surface area (Å²) >= 11 is 0. The number of carbonyl (C=O) groups excluding carboxylic acids is 1. The van der Waals surface area contributed by atoms with Crippen LogP contribution in [-0.2, 0) is 9.53 Å². The normalized spacial score (nSPS) is 17.3. The molecule has 2 atom stereocenters. The molecule has 0 saturated carbocycles. The Bertz CT molecular complexity index is 962. The first kappa shape index (κ1) is 17.7. The molecule has 1 aliphatic rings. The second-order valence-corrected chi connectivity index (χ2v) is 5.66. The molecule has 1 unspecified atom stereocenters. The first-order chi connectivity index (χ1) is 12.3. The fourth-order valence-electron chi connectivity index (χ4n) is 2.91. The summed E-state index contributed by atoms with van der Waals surface area (Å²) in [6, 6.07) is 7.33. The van der Waals surface area contributed by atoms with Crippen molar-refractivity contribution in [1.29, 1.82) is 0 Å². The van der Waals surface area contributed by atoms with Crippen molar-refractivity contribution in [1.82, 2.24) is 0 Å². The number of fused-ring (bicyclic) bond motifs is 1. The molecule has 2 aromatic rings. The summed E-state index contributed by atoms with van der Waals surface area (Å²) in [7, 11) is 1.17. The number of nitrogens with two attached hydrogens (primary N) is 1. The molecular weight excluding hydrogens is 344 g/mol. The molecule has 2 heterocycles. The van der Waals surface area contributed by atoms with Crippen LogP contribution in [0.3, 0.4) is 0 Å². The Morgan fingerprint density at radius 3 is 2.77 bits per heavy atom. The highest BCUT2D eigenvalue weighted by atomic mass is 16.8. The van der Waals surface area contributed by atoms with Gasteiger partial charge in [0.15, 0.2) is 5.69 Å². The molecule has 3 rings (SSSR count). The number of hydrogen-bond acceptors (Lipinski definition) is 8. The maximum atomic E-state index is 12.5. The number of esters is 1. The fourth-order valence-corrected chi connectivity index (χ4v) is 2.91. The third-order valence-corrected chi connectivity index (χ3v) is 4.01. The minimum atomic E-state index is -1.15. The van der Waals surface area contributed by atoms with Gasteiger partial charge in [-0.2, -0.15) is 5.23 Å². The summed E-state index contributed by atoms with van der Waals surface area (Å²) in [6.07, 6.45) is 0. The molecule has 0 saturated heterocycles. The van der Waals surface area contributed by atoms with E-state index in [4.69, 9.17) is 19.6 Å². The van der Waals surface area contributed by atoms with Crippen LogP contribution >= 0.6 is 0 Å². The average Bonchev–Trinajstić information content (AvgIpc) is 2.59. The molecule has 1 aromatic carbocycles. The third-order valence-electron chi connectivity index (χ3n) is 4.01. The second-order valence-electron chi connectivity index (χ2n) is 5.66. The van der Waals surface area contributed by atoms with Crippen molar-refractivity contribution in [2.75, 3.05) is 7.11 Å². The van der Waals surface area contributed by atoms with Gasteiger partial charge in [-0.15, -0.1) is 0 Å². The first-order valence-corrected chi connectivity index (χ1v) is 7.57. The average molecular weight is 360 g/mol. The second kappa shape index (κ2) is 6.64. The van der Waals surface area contributed by atoms with Crippen LogP contribution in [0.4, 0.5) is 5.69 Å². The van der Waals surface area contributed by atoms with Gasteiger partial charge in [-0.25, -0.2) is 14.8 Å². The van der Waals surface area contributed by atoms with Crippen molar-refractivity contribution in [3.05, 3.63) is 74.3 Å². The summed E-state index contributed by atoms with van der Waals surface area (Å²) in [5, 5.41) is 19.4. The Labute approximate surface area is 147 Å². The molecule has 0 radical (unpaired) electrons. The van der Waals surface area contributed by atoms with Crippen LogP contribution in [0.5, 0.6) is 5.75 Å². The number of methoxy groups -OCH3 is 1. The monoisotopic (exact) mass is 360 g/mol. The van der Waals surface area contributed by atoms with E-state index in [2.05, 4.69) is 0 Å². The minimum Gasteiger partial charge on any atom is -0.595 e. The van der Waals surface area contributed by atoms with E-state index in [9.17, 15) is 20.0 Å². The predicted octanol–water partition coefficient (Wildman–Crippen LogP) is 0.219. The molecule has 1 aromatic heterocycles. The van der Waals surface area contributed by atoms with Crippen LogP contribution in [0.25, 0.3) is 0 Å². The zero-order valence-corrected chi connectivity index (χ0v) is 13.9. The van der Waals surface area contributed by atoms with E-state index in [0.29, 0.717) is 11.3 Å². The molecule has 0 fully saturated rings. The van der Waals surface area contributed by atoms with E-state index < -0.39 is 22.7 Å². The lowest BCUT2D eigenvalue weighted by atomic mass is 9.83. The maximum Gasteiger partial charge on any atom is 0.343 e. The maximum absolute atomic E-state index is 12.5. The minimum absolute atomic E-state index is 0.00479. The Morgan fingerprint density at radius 1 is 1.38 bits per heavy atom. The van der Waals surface area contributed by atoms with E-state index in [1.807, 2.05) is 0 Å². The lowest BCUT2D eigenvalue weighted by molar-refractivity contribution is -0.991. The lowest BCUT2D eigenvalue weighted by Crippen LogP contribution is -2.99. The van der Waals surface area contributed by atoms with Crippen LogP contribution in [0, 0.1) is 12.1 Å². The highest BCUT2D eigenvalue weighted by Crippen LogP contribution is 2.41. The quantitative estimate of drug-likeness (QED) is 0.522. The number of aryl methyl sites for hydroxylation is 1. The summed E-state index contributed by atoms with van der Waals surface area (Å²) in [4.78, 5) is 24.8. The number of carbonyl (C=O) groups is 1. The van der Waals surface area contributed by atoms with E-state index >= 15 is 0 Å². The highest BCUT2D eigenvalue weighted by Gasteiger charge is 2.38. The van der Waals surface area contributed by atoms with Gasteiger partial charge < -0.3 is 24.8 Å². The van der Waals surface area contributed by atoms with Crippen LogP contribution < -0.4 is 21.3 Å². The van der Waals surface area contributed by atoms with Gasteiger partial charge in [0.1, 0.15) is 17.1 Å². The van der Waals surface area contributed by atoms with Gasteiger partial charge in [-0.1, -0.05) is 12.1 Å². The summed E-state index contributed by atoms with van der Waals surface area (Å²) < 4.78 is 15.3. The molecule has 9 nitrogen and oxygen atoms in total. The topological polar surface area (TPSA) is 139 Å². The molecule has 26 heavy (non-hydrogen) atoms. The molecular formula is C17H16N2O7. The molecule has 0 bridgehead atoms. The van der Waals surface area contributed by atoms with Gasteiger partial charge in [-0.3, -0.25) is 0 Å². The summed E-state index contributed by atoms with van der Waals surface area (Å²) in [6.45, 7) is 1.57. The Balaban J connectivity index is 2.30. The van der Waals surface area contributed by atoms with Gasteiger partial charge in [0.2, 0.25) is 5.88 Å². The van der Waals surface area contributed by atoms with Crippen molar-refractivity contribution in [3.63, 3.8) is 0 Å². The number of quaternary nitrogens is 1. The number of nitrogens with one attached hydrogen (secondary N) is 1. The Kier molecular flexibility index (Phi) is 4.51. The van der Waals surface area contributed by atoms with E-state index in [1.54, 1.807) is 13.0 Å². The number of benzene rings is 1. The third kappa shape index (κ3) is 2.94. The molecule has 4 N–H and O–H groups in total. The van der Waals surface area contributed by atoms with Gasteiger partial charge in [0.05, 0.1) is 18.6 Å². The van der Waals surface area contributed by atoms with Gasteiger partial charge in [-0.05, 0) is 12.5 Å². The van der Waals surface area contributed by atoms with E-state index in [-0.39, 0.29) is 28.5 Å². The van der Waals surface area contributed by atoms with E-state index in [1.165, 1.54) is 31.4 Å². The van der Waals surface area contributed by atoms with Crippen LogP contribution in [0.2, 0.25) is 0 Å². The largest absolute Gasteiger partial charge is 0.595 e. The first-order valence-electron chi connectivity index (χ1n) is 7.57. The van der Waals surface area contributed by atoms with Crippen molar-refractivity contribution in [2.24, 2.45) is 5.73 Å². The molecule has 1 aliphatic heterocycles. The lowest BCUT2D eigenvalue weighted by Gasteiger charge is -2.27. The number of rotatable bonds is 3. The van der Waals surface area contributed by atoms with E-state index in [0.717, 1.165) is 0 Å². The van der Waals surface area contributed by atoms with Crippen molar-refractivity contribution in [2.45, 2.75) is 12.8 Å². The SMILES string of the molecule is COC(=O)C1=C(N)Oc2cc(C)oc(=O)c2[C@@H]1c1cccc([NH+]([O-])O)c1. The van der Waals surface area contributed by atoms with Crippen molar-refractivity contribution >= 4 is 11.7 Å². The molecule has 0 amide bonds. The van der Waals surface area contributed by atoms with Crippen molar-refractivity contribution in [3.8, 4) is 5.75 Å². The number of hydrogen-bond donors (Lipinski definition) is 3. The van der Waals surface area contributed by atoms with Crippen molar-refractivity contribution < 1.29 is 29.1 Å². The molecule has 136 valence electrons. The smallest absolute Gasteiger partial charge is 0.343 e. The predicted molar refractivity (Wildman–Crippen MR) is 87.6 cm³/mol. The highest BCUT2D eigenvalue weighted by molar-refractivity contribution is 5.92. The molecule has 0 aliphatic carbocycles. The van der Waals surface area contributed by atoms with Gasteiger partial charge >= 0.3 is 11.6 Å². The van der Waals surface area contributed by atoms with Crippen LogP contribution in [0.15, 0.2) is 51.0 Å². The summed E-state index contributed by atoms with van der Waals surface area (Å²) in [5.41, 5.74) is 5.51. The fraction of sp³-hybridized carbons (Fsp3) is 0.176. The molecule has 0 spiro atoms. The zero-order chi connectivity index (χ0) is 19.0. The number of ether oxygens (including phenoxy) is 2.